The summed E-state index contributed by atoms with van der Waals surface area (Å²) in [7, 11) is 0. The highest BCUT2D eigenvalue weighted by Gasteiger charge is 2.49. The molecule has 0 spiro atoms. The van der Waals surface area contributed by atoms with E-state index < -0.39 is 52.0 Å². The predicted octanol–water partition coefficient (Wildman–Crippen LogP) is 0.934. The number of fused-ring (bicyclic) bond motifs is 2. The molecule has 0 amide bonds. The van der Waals surface area contributed by atoms with E-state index in [1.165, 1.54) is 11.8 Å². The van der Waals surface area contributed by atoms with E-state index in [0.29, 0.717) is 0 Å². The van der Waals surface area contributed by atoms with Crippen molar-refractivity contribution in [2.24, 2.45) is 5.92 Å². The Morgan fingerprint density at radius 3 is 2.52 bits per heavy atom. The van der Waals surface area contributed by atoms with Crippen LogP contribution in [0.5, 0.6) is 0 Å². The zero-order valence-corrected chi connectivity index (χ0v) is 16.9. The van der Waals surface area contributed by atoms with Crippen LogP contribution in [0, 0.1) is 5.92 Å². The summed E-state index contributed by atoms with van der Waals surface area (Å²) in [5.41, 5.74) is -0.610. The third-order valence-corrected chi connectivity index (χ3v) is 7.40. The van der Waals surface area contributed by atoms with Crippen molar-refractivity contribution in [2.75, 3.05) is 5.75 Å². The molecule has 1 unspecified atom stereocenters. The van der Waals surface area contributed by atoms with Crippen LogP contribution >= 0.6 is 11.8 Å². The summed E-state index contributed by atoms with van der Waals surface area (Å²) in [4.78, 5) is 0. The van der Waals surface area contributed by atoms with Gasteiger partial charge in [0, 0.05) is 11.4 Å². The molecule has 0 aromatic rings. The molecule has 0 radical (unpaired) electrons. The topological polar surface area (TPSA) is 105 Å². The maximum atomic E-state index is 12.6. The molecule has 0 saturated carbocycles. The van der Waals surface area contributed by atoms with Crippen LogP contribution in [0.15, 0.2) is 12.2 Å². The van der Waals surface area contributed by atoms with Crippen molar-refractivity contribution < 1.29 is 24.6 Å². The highest BCUT2D eigenvalue weighted by Crippen LogP contribution is 2.33. The Hall–Kier alpha value is 0.200. The van der Waals surface area contributed by atoms with Crippen molar-refractivity contribution in [1.29, 1.82) is 0 Å². The first-order chi connectivity index (χ1) is 11.6. The molecule has 4 N–H and O–H groups in total. The molecule has 2 aliphatic rings. The van der Waals surface area contributed by atoms with Gasteiger partial charge in [-0.25, -0.2) is 0 Å². The number of nitrogens with one attached hydrogen (secondary N) is 1. The number of thioether (sulfide) groups is 1. The first kappa shape index (κ1) is 21.5. The molecular weight excluding hydrogens is 362 g/mol. The molecule has 146 valence electrons. The lowest BCUT2D eigenvalue weighted by atomic mass is 9.88. The Kier molecular flexibility index (Phi) is 7.68. The fraction of sp³-hybridized carbons (Fsp3) is 0.882. The maximum Gasteiger partial charge on any atom is 0.136 e. The molecule has 2 heterocycles. The summed E-state index contributed by atoms with van der Waals surface area (Å²) in [6.45, 7) is 7.59. The molecule has 2 aliphatic heterocycles. The van der Waals surface area contributed by atoms with Crippen LogP contribution in [-0.2, 0) is 16.1 Å². The van der Waals surface area contributed by atoms with Gasteiger partial charge in [-0.3, -0.25) is 0 Å². The van der Waals surface area contributed by atoms with Crippen LogP contribution in [-0.4, -0.2) is 66.3 Å². The third-order valence-electron chi connectivity index (χ3n) is 4.56. The molecular formula is C17H31NO5S2. The van der Waals surface area contributed by atoms with E-state index in [2.05, 4.69) is 10.8 Å². The molecule has 1 saturated heterocycles. The summed E-state index contributed by atoms with van der Waals surface area (Å²) in [6.07, 6.45) is 1.53. The van der Waals surface area contributed by atoms with Crippen LogP contribution in [0.2, 0.25) is 0 Å². The van der Waals surface area contributed by atoms with Crippen LogP contribution < -0.4 is 4.72 Å². The van der Waals surface area contributed by atoms with Gasteiger partial charge in [0.15, 0.2) is 0 Å². The second-order valence-electron chi connectivity index (χ2n) is 7.77. The number of hydrogen-bond acceptors (Lipinski definition) is 7. The molecule has 25 heavy (non-hydrogen) atoms. The molecule has 2 rings (SSSR count). The first-order valence-corrected chi connectivity index (χ1v) is 11.0. The Labute approximate surface area is 157 Å². The van der Waals surface area contributed by atoms with E-state index in [1.807, 2.05) is 33.8 Å². The summed E-state index contributed by atoms with van der Waals surface area (Å²) in [6, 6.07) is -0.449. The molecule has 0 aromatic carbocycles. The van der Waals surface area contributed by atoms with E-state index in [0.717, 1.165) is 18.6 Å². The van der Waals surface area contributed by atoms with Gasteiger partial charge in [-0.2, -0.15) is 0 Å². The fourth-order valence-electron chi connectivity index (χ4n) is 2.91. The number of ether oxygens (including phenoxy) is 1. The van der Waals surface area contributed by atoms with Gasteiger partial charge in [0.1, 0.15) is 34.6 Å². The molecule has 8 atom stereocenters. The number of aliphatic hydroxyl groups is 3. The Morgan fingerprint density at radius 2 is 1.88 bits per heavy atom. The minimum absolute atomic E-state index is 0.0582. The van der Waals surface area contributed by atoms with Gasteiger partial charge in [-0.05, 0) is 45.3 Å². The summed E-state index contributed by atoms with van der Waals surface area (Å²) < 4.78 is 21.2. The van der Waals surface area contributed by atoms with Gasteiger partial charge in [0.2, 0.25) is 0 Å². The average Bonchev–Trinajstić information content (AvgIpc) is 2.56. The SMILES string of the molecule is C[C@H]1/C=C/CCCS[C@H]2O[C@@H]([C@H](O)[C@H](O)[C@H]2O)[C@@H]1N[S+]([O-])C(C)(C)C. The van der Waals surface area contributed by atoms with Gasteiger partial charge >= 0.3 is 0 Å². The third kappa shape index (κ3) is 5.35. The van der Waals surface area contributed by atoms with E-state index in [9.17, 15) is 19.9 Å². The summed E-state index contributed by atoms with van der Waals surface area (Å²) >= 11 is 0.0913. The summed E-state index contributed by atoms with van der Waals surface area (Å²) in [5, 5.41) is 31.0. The number of allylic oxidation sites excluding steroid dienone is 1. The maximum absolute atomic E-state index is 12.6. The van der Waals surface area contributed by atoms with E-state index in [4.69, 9.17) is 4.74 Å². The summed E-state index contributed by atoms with van der Waals surface area (Å²) in [5.74, 6) is 0.735. The number of aliphatic hydroxyl groups excluding tert-OH is 3. The highest BCUT2D eigenvalue weighted by molar-refractivity contribution is 7.99. The van der Waals surface area contributed by atoms with Crippen LogP contribution in [0.3, 0.4) is 0 Å². The van der Waals surface area contributed by atoms with Crippen LogP contribution in [0.25, 0.3) is 0 Å². The van der Waals surface area contributed by atoms with E-state index >= 15 is 0 Å². The normalized spacial score (nSPS) is 43.1. The van der Waals surface area contributed by atoms with E-state index in [-0.39, 0.29) is 5.92 Å². The Bertz CT molecular complexity index is 459. The molecule has 8 heteroatoms. The molecule has 6 nitrogen and oxygen atoms in total. The highest BCUT2D eigenvalue weighted by atomic mass is 32.2. The van der Waals surface area contributed by atoms with Crippen molar-refractivity contribution in [1.82, 2.24) is 4.72 Å². The van der Waals surface area contributed by atoms with Crippen molar-refractivity contribution in [3.63, 3.8) is 0 Å². The standard InChI is InChI=1S/C17H31NO5S2/c1-10-8-6-5-7-9-24-16-14(21)12(19)13(20)15(23-16)11(10)18-25(22)17(2,3)4/h6,8,10-16,18-21H,5,7,9H2,1-4H3/b8-6+/t10-,11+,12-,13+,14+,15+,16+,25?/m0/s1. The van der Waals surface area contributed by atoms with E-state index in [1.54, 1.807) is 0 Å². The van der Waals surface area contributed by atoms with Crippen molar-refractivity contribution >= 4 is 23.1 Å². The Morgan fingerprint density at radius 1 is 1.20 bits per heavy atom. The minimum atomic E-state index is -1.35. The van der Waals surface area contributed by atoms with Gasteiger partial charge in [0.05, 0.1) is 6.04 Å². The zero-order valence-electron chi connectivity index (χ0n) is 15.3. The van der Waals surface area contributed by atoms with Crippen molar-refractivity contribution in [3.8, 4) is 0 Å². The Balaban J connectivity index is 2.30. The minimum Gasteiger partial charge on any atom is -0.598 e. The first-order valence-electron chi connectivity index (χ1n) is 8.79. The molecule has 0 aliphatic carbocycles. The lowest BCUT2D eigenvalue weighted by Gasteiger charge is -2.44. The smallest absolute Gasteiger partial charge is 0.136 e. The lowest BCUT2D eigenvalue weighted by molar-refractivity contribution is -0.205. The predicted molar refractivity (Wildman–Crippen MR) is 101 cm³/mol. The lowest BCUT2D eigenvalue weighted by Crippen LogP contribution is -2.64. The number of hydrogen-bond donors (Lipinski definition) is 4. The molecule has 2 bridgehead atoms. The number of rotatable bonds is 2. The van der Waals surface area contributed by atoms with Gasteiger partial charge in [-0.15, -0.1) is 16.5 Å². The average molecular weight is 394 g/mol. The fourth-order valence-corrected chi connectivity index (χ4v) is 4.99. The molecule has 0 aromatic heterocycles. The zero-order chi connectivity index (χ0) is 18.8. The van der Waals surface area contributed by atoms with Crippen LogP contribution in [0.4, 0.5) is 0 Å². The monoisotopic (exact) mass is 393 g/mol. The van der Waals surface area contributed by atoms with Gasteiger partial charge in [-0.1, -0.05) is 19.1 Å². The van der Waals surface area contributed by atoms with Crippen LogP contribution in [0.1, 0.15) is 40.5 Å². The van der Waals surface area contributed by atoms with Crippen molar-refractivity contribution in [2.45, 2.75) is 81.2 Å². The van der Waals surface area contributed by atoms with Gasteiger partial charge < -0.3 is 24.6 Å². The largest absolute Gasteiger partial charge is 0.598 e. The second kappa shape index (κ2) is 8.93. The quantitative estimate of drug-likeness (QED) is 0.409. The second-order valence-corrected chi connectivity index (χ2v) is 11.0. The van der Waals surface area contributed by atoms with Gasteiger partial charge in [0.25, 0.3) is 0 Å². The molecule has 1 fully saturated rings. The van der Waals surface area contributed by atoms with Crippen molar-refractivity contribution in [3.05, 3.63) is 12.2 Å².